The monoisotopic (exact) mass is 191 g/mol. The minimum atomic E-state index is -0.335. The number of aromatic nitrogens is 1. The van der Waals surface area contributed by atoms with Crippen LogP contribution in [-0.2, 0) is 6.42 Å². The first-order chi connectivity index (χ1) is 6.81. The largest absolute Gasteiger partial charge is 0.396 e. The molecular weight excluding hydrogens is 181 g/mol. The van der Waals surface area contributed by atoms with Crippen LogP contribution in [0.15, 0.2) is 30.5 Å². The number of pyridine rings is 1. The zero-order valence-corrected chi connectivity index (χ0v) is 7.57. The van der Waals surface area contributed by atoms with Gasteiger partial charge < -0.3 is 5.11 Å². The second-order valence-electron chi connectivity index (χ2n) is 3.12. The van der Waals surface area contributed by atoms with Gasteiger partial charge in [0.1, 0.15) is 5.82 Å². The number of nitrogens with zero attached hydrogens (tertiary/aromatic N) is 1. The van der Waals surface area contributed by atoms with Gasteiger partial charge in [-0.2, -0.15) is 0 Å². The Kier molecular flexibility index (Phi) is 2.41. The molecule has 1 N–H and O–H groups in total. The van der Waals surface area contributed by atoms with Crippen molar-refractivity contribution in [2.45, 2.75) is 6.42 Å². The smallest absolute Gasteiger partial charge is 0.142 e. The average Bonchev–Trinajstić information content (AvgIpc) is 2.18. The first-order valence-electron chi connectivity index (χ1n) is 4.45. The van der Waals surface area contributed by atoms with Crippen LogP contribution in [0.1, 0.15) is 5.56 Å². The fraction of sp³-hybridized carbons (Fsp3) is 0.182. The molecule has 1 aromatic heterocycles. The van der Waals surface area contributed by atoms with Crippen molar-refractivity contribution in [3.8, 4) is 0 Å². The summed E-state index contributed by atoms with van der Waals surface area (Å²) >= 11 is 0. The van der Waals surface area contributed by atoms with E-state index in [0.717, 1.165) is 16.5 Å². The molecule has 0 saturated heterocycles. The number of aliphatic hydroxyl groups excluding tert-OH is 1. The number of halogens is 1. The number of hydrogen-bond donors (Lipinski definition) is 1. The first kappa shape index (κ1) is 9.09. The molecule has 2 aromatic rings. The van der Waals surface area contributed by atoms with Crippen molar-refractivity contribution in [1.29, 1.82) is 0 Å². The third kappa shape index (κ3) is 1.59. The molecule has 14 heavy (non-hydrogen) atoms. The standard InChI is InChI=1S/C11H10FNO/c12-10-6-9-3-1-2-8(4-5-14)11(9)13-7-10/h1-3,6-7,14H,4-5H2. The van der Waals surface area contributed by atoms with E-state index in [1.807, 2.05) is 18.2 Å². The Labute approximate surface area is 81.0 Å². The van der Waals surface area contributed by atoms with E-state index in [0.29, 0.717) is 6.42 Å². The van der Waals surface area contributed by atoms with E-state index in [1.165, 1.54) is 12.3 Å². The molecule has 0 unspecified atom stereocenters. The summed E-state index contributed by atoms with van der Waals surface area (Å²) in [7, 11) is 0. The fourth-order valence-electron chi connectivity index (χ4n) is 1.52. The minimum absolute atomic E-state index is 0.0815. The van der Waals surface area contributed by atoms with Crippen molar-refractivity contribution in [3.63, 3.8) is 0 Å². The Hall–Kier alpha value is -1.48. The van der Waals surface area contributed by atoms with Gasteiger partial charge in [-0.15, -0.1) is 0 Å². The lowest BCUT2D eigenvalue weighted by atomic mass is 10.1. The molecule has 0 fully saturated rings. The van der Waals surface area contributed by atoms with E-state index in [-0.39, 0.29) is 12.4 Å². The molecule has 2 nitrogen and oxygen atoms in total. The van der Waals surface area contributed by atoms with E-state index >= 15 is 0 Å². The van der Waals surface area contributed by atoms with Gasteiger partial charge in [-0.25, -0.2) is 4.39 Å². The van der Waals surface area contributed by atoms with Crippen LogP contribution in [0, 0.1) is 5.82 Å². The maximum atomic E-state index is 12.8. The van der Waals surface area contributed by atoms with E-state index in [2.05, 4.69) is 4.98 Å². The summed E-state index contributed by atoms with van der Waals surface area (Å²) in [6.45, 7) is 0.0815. The van der Waals surface area contributed by atoms with Crippen molar-refractivity contribution in [3.05, 3.63) is 41.8 Å². The maximum absolute atomic E-state index is 12.8. The molecule has 0 spiro atoms. The molecule has 0 amide bonds. The highest BCUT2D eigenvalue weighted by atomic mass is 19.1. The van der Waals surface area contributed by atoms with Crippen molar-refractivity contribution < 1.29 is 9.50 Å². The Morgan fingerprint density at radius 1 is 1.36 bits per heavy atom. The van der Waals surface area contributed by atoms with Gasteiger partial charge in [0.15, 0.2) is 0 Å². The number of rotatable bonds is 2. The summed E-state index contributed by atoms with van der Waals surface area (Å²) in [5.41, 5.74) is 1.72. The lowest BCUT2D eigenvalue weighted by Gasteiger charge is -2.03. The highest BCUT2D eigenvalue weighted by Gasteiger charge is 2.02. The number of para-hydroxylation sites is 1. The number of hydrogen-bond acceptors (Lipinski definition) is 2. The second-order valence-corrected chi connectivity index (χ2v) is 3.12. The van der Waals surface area contributed by atoms with E-state index in [4.69, 9.17) is 5.11 Å². The average molecular weight is 191 g/mol. The van der Waals surface area contributed by atoms with Gasteiger partial charge in [0.25, 0.3) is 0 Å². The zero-order valence-electron chi connectivity index (χ0n) is 7.57. The quantitative estimate of drug-likeness (QED) is 0.786. The molecule has 0 bridgehead atoms. The van der Waals surface area contributed by atoms with E-state index in [9.17, 15) is 4.39 Å². The van der Waals surface area contributed by atoms with Crippen molar-refractivity contribution in [1.82, 2.24) is 4.98 Å². The molecule has 0 aliphatic carbocycles. The zero-order chi connectivity index (χ0) is 9.97. The highest BCUT2D eigenvalue weighted by molar-refractivity contribution is 5.81. The van der Waals surface area contributed by atoms with Gasteiger partial charge in [-0.3, -0.25) is 4.98 Å². The van der Waals surface area contributed by atoms with Crippen LogP contribution in [-0.4, -0.2) is 16.7 Å². The van der Waals surface area contributed by atoms with Crippen LogP contribution in [0.3, 0.4) is 0 Å². The Bertz CT molecular complexity index is 456. The Morgan fingerprint density at radius 2 is 2.21 bits per heavy atom. The second kappa shape index (κ2) is 3.72. The molecule has 0 atom stereocenters. The van der Waals surface area contributed by atoms with Gasteiger partial charge in [0.2, 0.25) is 0 Å². The summed E-state index contributed by atoms with van der Waals surface area (Å²) < 4.78 is 12.8. The SMILES string of the molecule is OCCc1cccc2cc(F)cnc12. The molecule has 2 rings (SSSR count). The molecular formula is C11H10FNO. The van der Waals surface area contributed by atoms with E-state index < -0.39 is 0 Å². The molecule has 0 saturated carbocycles. The van der Waals surface area contributed by atoms with Crippen LogP contribution in [0.4, 0.5) is 4.39 Å². The summed E-state index contributed by atoms with van der Waals surface area (Å²) in [5, 5.41) is 9.61. The van der Waals surface area contributed by atoms with Crippen LogP contribution >= 0.6 is 0 Å². The predicted molar refractivity (Wildman–Crippen MR) is 52.5 cm³/mol. The van der Waals surface area contributed by atoms with Crippen molar-refractivity contribution >= 4 is 10.9 Å². The highest BCUT2D eigenvalue weighted by Crippen LogP contribution is 2.17. The van der Waals surface area contributed by atoms with Crippen LogP contribution in [0.25, 0.3) is 10.9 Å². The van der Waals surface area contributed by atoms with Crippen LogP contribution < -0.4 is 0 Å². The molecule has 1 aromatic carbocycles. The van der Waals surface area contributed by atoms with Crippen LogP contribution in [0.5, 0.6) is 0 Å². The van der Waals surface area contributed by atoms with Gasteiger partial charge in [0, 0.05) is 12.0 Å². The van der Waals surface area contributed by atoms with Gasteiger partial charge >= 0.3 is 0 Å². The number of aliphatic hydroxyl groups is 1. The lowest BCUT2D eigenvalue weighted by molar-refractivity contribution is 0.300. The summed E-state index contributed by atoms with van der Waals surface area (Å²) in [4.78, 5) is 4.01. The number of fused-ring (bicyclic) bond motifs is 1. The topological polar surface area (TPSA) is 33.1 Å². The molecule has 1 heterocycles. The fourth-order valence-corrected chi connectivity index (χ4v) is 1.52. The van der Waals surface area contributed by atoms with Crippen molar-refractivity contribution in [2.24, 2.45) is 0 Å². The molecule has 72 valence electrons. The number of benzene rings is 1. The third-order valence-electron chi connectivity index (χ3n) is 2.14. The maximum Gasteiger partial charge on any atom is 0.142 e. The Morgan fingerprint density at radius 3 is 3.00 bits per heavy atom. The van der Waals surface area contributed by atoms with Crippen LogP contribution in [0.2, 0.25) is 0 Å². The normalized spacial score (nSPS) is 10.7. The molecule has 3 heteroatoms. The molecule has 0 aliphatic rings. The van der Waals surface area contributed by atoms with Gasteiger partial charge in [-0.05, 0) is 18.1 Å². The van der Waals surface area contributed by atoms with E-state index in [1.54, 1.807) is 0 Å². The summed E-state index contributed by atoms with van der Waals surface area (Å²) in [6, 6.07) is 6.99. The summed E-state index contributed by atoms with van der Waals surface area (Å²) in [6.07, 6.45) is 1.75. The van der Waals surface area contributed by atoms with Gasteiger partial charge in [-0.1, -0.05) is 18.2 Å². The molecule has 0 aliphatic heterocycles. The lowest BCUT2D eigenvalue weighted by Crippen LogP contribution is -1.94. The summed E-state index contributed by atoms with van der Waals surface area (Å²) in [5.74, 6) is -0.335. The Balaban J connectivity index is 2.62. The predicted octanol–water partition coefficient (Wildman–Crippen LogP) is 1.91. The van der Waals surface area contributed by atoms with Crippen molar-refractivity contribution in [2.75, 3.05) is 6.61 Å². The third-order valence-corrected chi connectivity index (χ3v) is 2.14. The minimum Gasteiger partial charge on any atom is -0.396 e. The van der Waals surface area contributed by atoms with Gasteiger partial charge in [0.05, 0.1) is 11.7 Å². The first-order valence-corrected chi connectivity index (χ1v) is 4.45. The molecule has 0 radical (unpaired) electrons.